The monoisotopic (exact) mass is 166 g/mol. The Balaban J connectivity index is 3.56. The van der Waals surface area contributed by atoms with Crippen molar-refractivity contribution < 1.29 is 8.42 Å². The second-order valence-corrected chi connectivity index (χ2v) is 4.29. The smallest absolute Gasteiger partial charge is 0.208 e. The molecule has 3 N–H and O–H groups in total. The van der Waals surface area contributed by atoms with E-state index in [-0.39, 0.29) is 5.92 Å². The lowest BCUT2D eigenvalue weighted by atomic mass is 10.2. The molecule has 0 rings (SSSR count). The summed E-state index contributed by atoms with van der Waals surface area (Å²) in [5.74, 6) is 0.203. The minimum Gasteiger partial charge on any atom is -0.330 e. The Kier molecular flexibility index (Phi) is 3.85. The molecule has 0 aliphatic rings. The van der Waals surface area contributed by atoms with Gasteiger partial charge in [-0.05, 0) is 12.5 Å². The summed E-state index contributed by atoms with van der Waals surface area (Å²) in [6, 6.07) is 0. The number of rotatable bonds is 4. The lowest BCUT2D eigenvalue weighted by Crippen LogP contribution is -2.30. The molecule has 10 heavy (non-hydrogen) atoms. The third-order valence-corrected chi connectivity index (χ3v) is 1.79. The van der Waals surface area contributed by atoms with Gasteiger partial charge >= 0.3 is 0 Å². The van der Waals surface area contributed by atoms with Gasteiger partial charge < -0.3 is 5.73 Å². The third kappa shape index (κ3) is 6.00. The summed E-state index contributed by atoms with van der Waals surface area (Å²) < 4.78 is 23.4. The van der Waals surface area contributed by atoms with E-state index in [9.17, 15) is 8.42 Å². The van der Waals surface area contributed by atoms with Gasteiger partial charge in [0.25, 0.3) is 0 Å². The molecule has 4 nitrogen and oxygen atoms in total. The summed E-state index contributed by atoms with van der Waals surface area (Å²) in [5.41, 5.74) is 5.27. The minimum atomic E-state index is -3.03. The topological polar surface area (TPSA) is 72.2 Å². The average molecular weight is 166 g/mol. The number of sulfonamides is 1. The van der Waals surface area contributed by atoms with Gasteiger partial charge in [-0.3, -0.25) is 0 Å². The largest absolute Gasteiger partial charge is 0.330 e. The van der Waals surface area contributed by atoms with Crippen molar-refractivity contribution in [2.45, 2.75) is 6.92 Å². The first-order chi connectivity index (χ1) is 4.45. The van der Waals surface area contributed by atoms with Crippen LogP contribution in [0.4, 0.5) is 0 Å². The Morgan fingerprint density at radius 1 is 1.60 bits per heavy atom. The lowest BCUT2D eigenvalue weighted by Gasteiger charge is -2.07. The molecular weight excluding hydrogens is 152 g/mol. The summed E-state index contributed by atoms with van der Waals surface area (Å²) in [6.45, 7) is 2.82. The molecule has 0 aromatic carbocycles. The van der Waals surface area contributed by atoms with E-state index in [4.69, 9.17) is 5.73 Å². The van der Waals surface area contributed by atoms with Gasteiger partial charge in [0.2, 0.25) is 10.0 Å². The number of nitrogens with one attached hydrogen (secondary N) is 1. The Bertz CT molecular complexity index is 176. The Hall–Kier alpha value is -0.130. The quantitative estimate of drug-likeness (QED) is 0.570. The molecular formula is C5H14N2O2S. The molecule has 0 spiro atoms. The summed E-state index contributed by atoms with van der Waals surface area (Å²) >= 11 is 0. The van der Waals surface area contributed by atoms with E-state index in [1.807, 2.05) is 6.92 Å². The molecule has 0 radical (unpaired) electrons. The third-order valence-electron chi connectivity index (χ3n) is 1.10. The van der Waals surface area contributed by atoms with Crippen molar-refractivity contribution in [3.05, 3.63) is 0 Å². The predicted octanol–water partition coefficient (Wildman–Crippen LogP) is -0.870. The molecule has 0 fully saturated rings. The predicted molar refractivity (Wildman–Crippen MR) is 41.1 cm³/mol. The first kappa shape index (κ1) is 9.87. The molecule has 62 valence electrons. The molecule has 0 aliphatic heterocycles. The molecule has 0 aromatic heterocycles. The van der Waals surface area contributed by atoms with E-state index in [0.29, 0.717) is 13.1 Å². The van der Waals surface area contributed by atoms with Crippen LogP contribution in [0.2, 0.25) is 0 Å². The van der Waals surface area contributed by atoms with Gasteiger partial charge in [0.1, 0.15) is 0 Å². The van der Waals surface area contributed by atoms with E-state index in [0.717, 1.165) is 6.26 Å². The van der Waals surface area contributed by atoms with Crippen LogP contribution in [0.3, 0.4) is 0 Å². The maximum absolute atomic E-state index is 10.5. The van der Waals surface area contributed by atoms with E-state index in [1.54, 1.807) is 0 Å². The van der Waals surface area contributed by atoms with Gasteiger partial charge in [-0.25, -0.2) is 13.1 Å². The highest BCUT2D eigenvalue weighted by Crippen LogP contribution is 1.87. The number of hydrogen-bond acceptors (Lipinski definition) is 3. The maximum atomic E-state index is 10.5. The second kappa shape index (κ2) is 3.90. The first-order valence-electron chi connectivity index (χ1n) is 3.10. The second-order valence-electron chi connectivity index (χ2n) is 2.46. The first-order valence-corrected chi connectivity index (χ1v) is 4.99. The van der Waals surface area contributed by atoms with Crippen LogP contribution in [0.5, 0.6) is 0 Å². The maximum Gasteiger partial charge on any atom is 0.208 e. The van der Waals surface area contributed by atoms with Crippen LogP contribution in [-0.4, -0.2) is 27.8 Å². The van der Waals surface area contributed by atoms with Crippen LogP contribution in [0, 0.1) is 5.92 Å². The molecule has 0 aliphatic carbocycles. The van der Waals surface area contributed by atoms with Crippen LogP contribution >= 0.6 is 0 Å². The zero-order valence-corrected chi connectivity index (χ0v) is 7.11. The van der Waals surface area contributed by atoms with Crippen molar-refractivity contribution in [1.29, 1.82) is 0 Å². The van der Waals surface area contributed by atoms with Gasteiger partial charge in [0.15, 0.2) is 0 Å². The Morgan fingerprint density at radius 2 is 2.10 bits per heavy atom. The summed E-state index contributed by atoms with van der Waals surface area (Å²) in [5, 5.41) is 0. The van der Waals surface area contributed by atoms with Crippen molar-refractivity contribution in [2.24, 2.45) is 11.7 Å². The minimum absolute atomic E-state index is 0.203. The van der Waals surface area contributed by atoms with Gasteiger partial charge in [-0.1, -0.05) is 6.92 Å². The zero-order chi connectivity index (χ0) is 8.20. The highest BCUT2D eigenvalue weighted by atomic mass is 32.2. The van der Waals surface area contributed by atoms with Crippen LogP contribution in [-0.2, 0) is 10.0 Å². The Labute approximate surface area is 61.8 Å². The number of hydrogen-bond donors (Lipinski definition) is 2. The summed E-state index contributed by atoms with van der Waals surface area (Å²) in [4.78, 5) is 0. The Morgan fingerprint density at radius 3 is 2.40 bits per heavy atom. The standard InChI is InChI=1S/C5H14N2O2S/c1-5(3-6)4-7-10(2,8)9/h5,7H,3-4,6H2,1-2H3. The highest BCUT2D eigenvalue weighted by Gasteiger charge is 2.03. The molecule has 5 heteroatoms. The molecule has 0 saturated heterocycles. The normalized spacial score (nSPS) is 15.1. The fourth-order valence-corrected chi connectivity index (χ4v) is 0.964. The molecule has 0 bridgehead atoms. The summed E-state index contributed by atoms with van der Waals surface area (Å²) in [6.07, 6.45) is 1.14. The lowest BCUT2D eigenvalue weighted by molar-refractivity contribution is 0.549. The zero-order valence-electron chi connectivity index (χ0n) is 6.29. The van der Waals surface area contributed by atoms with E-state index < -0.39 is 10.0 Å². The van der Waals surface area contributed by atoms with Gasteiger partial charge in [-0.2, -0.15) is 0 Å². The van der Waals surface area contributed by atoms with Gasteiger partial charge in [-0.15, -0.1) is 0 Å². The fourth-order valence-electron chi connectivity index (χ4n) is 0.377. The molecule has 0 aromatic rings. The van der Waals surface area contributed by atoms with Gasteiger partial charge in [0, 0.05) is 6.54 Å². The molecule has 0 amide bonds. The molecule has 0 saturated carbocycles. The van der Waals surface area contributed by atoms with Crippen LogP contribution < -0.4 is 10.5 Å². The SMILES string of the molecule is CC(CN)CNS(C)(=O)=O. The highest BCUT2D eigenvalue weighted by molar-refractivity contribution is 7.88. The molecule has 1 atom stereocenters. The van der Waals surface area contributed by atoms with Crippen molar-refractivity contribution in [2.75, 3.05) is 19.3 Å². The number of nitrogens with two attached hydrogens (primary N) is 1. The van der Waals surface area contributed by atoms with Crippen molar-refractivity contribution in [3.63, 3.8) is 0 Å². The van der Waals surface area contributed by atoms with E-state index >= 15 is 0 Å². The molecule has 0 heterocycles. The van der Waals surface area contributed by atoms with Crippen LogP contribution in [0.25, 0.3) is 0 Å². The van der Waals surface area contributed by atoms with Crippen molar-refractivity contribution in [3.8, 4) is 0 Å². The average Bonchev–Trinajstić information content (AvgIpc) is 1.81. The fraction of sp³-hybridized carbons (Fsp3) is 1.00. The molecule has 1 unspecified atom stereocenters. The van der Waals surface area contributed by atoms with E-state index in [1.165, 1.54) is 0 Å². The van der Waals surface area contributed by atoms with Crippen molar-refractivity contribution >= 4 is 10.0 Å². The van der Waals surface area contributed by atoms with Gasteiger partial charge in [0.05, 0.1) is 6.26 Å². The summed E-state index contributed by atoms with van der Waals surface area (Å²) in [7, 11) is -3.03. The van der Waals surface area contributed by atoms with E-state index in [2.05, 4.69) is 4.72 Å². The van der Waals surface area contributed by atoms with Crippen LogP contribution in [0.1, 0.15) is 6.92 Å². The van der Waals surface area contributed by atoms with Crippen LogP contribution in [0.15, 0.2) is 0 Å². The van der Waals surface area contributed by atoms with Crippen molar-refractivity contribution in [1.82, 2.24) is 4.72 Å².